The zero-order valence-corrected chi connectivity index (χ0v) is 18.6. The molecule has 3 heterocycles. The van der Waals surface area contributed by atoms with Crippen molar-refractivity contribution in [3.05, 3.63) is 77.0 Å². The number of fused-ring (bicyclic) bond motifs is 1. The highest BCUT2D eigenvalue weighted by atomic mass is 19.1. The lowest BCUT2D eigenvalue weighted by Gasteiger charge is -2.30. The van der Waals surface area contributed by atoms with E-state index in [1.54, 1.807) is 0 Å². The molecule has 1 atom stereocenters. The first-order valence-corrected chi connectivity index (χ1v) is 11.5. The van der Waals surface area contributed by atoms with Crippen molar-refractivity contribution in [3.63, 3.8) is 0 Å². The molecule has 6 heteroatoms. The van der Waals surface area contributed by atoms with Gasteiger partial charge in [0.05, 0.1) is 5.69 Å². The summed E-state index contributed by atoms with van der Waals surface area (Å²) < 4.78 is 13.3. The molecule has 2 aromatic carbocycles. The Balaban J connectivity index is 1.35. The Morgan fingerprint density at radius 1 is 1.12 bits per heavy atom. The number of hydrogen-bond acceptors (Lipinski definition) is 5. The molecule has 2 aliphatic heterocycles. The lowest BCUT2D eigenvalue weighted by molar-refractivity contribution is 0.240. The molecule has 0 bridgehead atoms. The highest BCUT2D eigenvalue weighted by Crippen LogP contribution is 2.29. The lowest BCUT2D eigenvalue weighted by Crippen LogP contribution is -2.33. The van der Waals surface area contributed by atoms with E-state index in [9.17, 15) is 4.39 Å². The average Bonchev–Trinajstić information content (AvgIpc) is 2.84. The normalized spacial score (nSPS) is 18.9. The molecule has 1 unspecified atom stereocenters. The molecule has 1 saturated heterocycles. The van der Waals surface area contributed by atoms with Gasteiger partial charge < -0.3 is 10.6 Å². The molecule has 32 heavy (non-hydrogen) atoms. The molecule has 2 N–H and O–H groups in total. The highest BCUT2D eigenvalue weighted by Gasteiger charge is 2.25. The Labute approximate surface area is 189 Å². The summed E-state index contributed by atoms with van der Waals surface area (Å²) in [5.74, 6) is 2.15. The van der Waals surface area contributed by atoms with Gasteiger partial charge in [-0.2, -0.15) is 0 Å². The highest BCUT2D eigenvalue weighted by molar-refractivity contribution is 5.64. The van der Waals surface area contributed by atoms with Crippen LogP contribution in [-0.4, -0.2) is 41.5 Å². The molecule has 0 aliphatic carbocycles. The van der Waals surface area contributed by atoms with Gasteiger partial charge in [-0.3, -0.25) is 4.90 Å². The van der Waals surface area contributed by atoms with Gasteiger partial charge in [-0.25, -0.2) is 14.4 Å². The van der Waals surface area contributed by atoms with Crippen molar-refractivity contribution in [2.45, 2.75) is 38.3 Å². The Morgan fingerprint density at radius 3 is 2.78 bits per heavy atom. The standard InChI is InChI=1S/C26H30FN5/c1-28-26-23-11-13-32(17-24(23)30-25(31-26)21-6-3-12-29-15-21)16-18-4-2-5-20(14-18)19-7-9-22(27)10-8-19/h2,4-5,7-10,14,21,29H,3,6,11-13,15-17H2,1H3,(H,28,30,31). The summed E-state index contributed by atoms with van der Waals surface area (Å²) in [6.45, 7) is 4.73. The third kappa shape index (κ3) is 4.52. The Kier molecular flexibility index (Phi) is 6.14. The summed E-state index contributed by atoms with van der Waals surface area (Å²) >= 11 is 0. The SMILES string of the molecule is CNc1nc(C2CCCNC2)nc2c1CCN(Cc1cccc(-c3ccc(F)cc3)c1)C2. The van der Waals surface area contributed by atoms with Crippen LogP contribution in [0.2, 0.25) is 0 Å². The van der Waals surface area contributed by atoms with Gasteiger partial charge in [0, 0.05) is 44.7 Å². The van der Waals surface area contributed by atoms with Crippen LogP contribution >= 0.6 is 0 Å². The van der Waals surface area contributed by atoms with Crippen molar-refractivity contribution < 1.29 is 4.39 Å². The maximum absolute atomic E-state index is 13.3. The van der Waals surface area contributed by atoms with Crippen molar-refractivity contribution in [2.24, 2.45) is 0 Å². The number of piperidine rings is 1. The molecule has 1 aromatic heterocycles. The van der Waals surface area contributed by atoms with E-state index in [0.717, 1.165) is 74.0 Å². The third-order valence-corrected chi connectivity index (χ3v) is 6.57. The van der Waals surface area contributed by atoms with E-state index in [0.29, 0.717) is 5.92 Å². The number of nitrogens with one attached hydrogen (secondary N) is 2. The molecule has 5 rings (SSSR count). The second kappa shape index (κ2) is 9.35. The molecular weight excluding hydrogens is 401 g/mol. The van der Waals surface area contributed by atoms with Crippen LogP contribution in [0.15, 0.2) is 48.5 Å². The Morgan fingerprint density at radius 2 is 2.00 bits per heavy atom. The molecule has 0 saturated carbocycles. The van der Waals surface area contributed by atoms with E-state index < -0.39 is 0 Å². The first kappa shape index (κ1) is 21.0. The van der Waals surface area contributed by atoms with Crippen LogP contribution in [0.5, 0.6) is 0 Å². The number of anilines is 1. The summed E-state index contributed by atoms with van der Waals surface area (Å²) in [6.07, 6.45) is 3.28. The number of aromatic nitrogens is 2. The van der Waals surface area contributed by atoms with Gasteiger partial charge in [0.25, 0.3) is 0 Å². The number of hydrogen-bond donors (Lipinski definition) is 2. The molecule has 5 nitrogen and oxygen atoms in total. The average molecular weight is 432 g/mol. The van der Waals surface area contributed by atoms with Crippen molar-refractivity contribution in [1.82, 2.24) is 20.2 Å². The fourth-order valence-corrected chi connectivity index (χ4v) is 4.85. The summed E-state index contributed by atoms with van der Waals surface area (Å²) in [7, 11) is 1.96. The monoisotopic (exact) mass is 431 g/mol. The topological polar surface area (TPSA) is 53.1 Å². The maximum Gasteiger partial charge on any atom is 0.135 e. The van der Waals surface area contributed by atoms with Crippen LogP contribution in [0, 0.1) is 5.82 Å². The first-order valence-electron chi connectivity index (χ1n) is 11.5. The fraction of sp³-hybridized carbons (Fsp3) is 0.385. The summed E-state index contributed by atoms with van der Waals surface area (Å²) in [6, 6.07) is 15.2. The Hall–Kier alpha value is -2.83. The Bertz CT molecular complexity index is 1080. The number of nitrogens with zero attached hydrogens (tertiary/aromatic N) is 3. The molecule has 0 spiro atoms. The van der Waals surface area contributed by atoms with Gasteiger partial charge in [-0.05, 0) is 60.7 Å². The zero-order valence-electron chi connectivity index (χ0n) is 18.6. The van der Waals surface area contributed by atoms with E-state index in [4.69, 9.17) is 9.97 Å². The largest absolute Gasteiger partial charge is 0.373 e. The molecule has 2 aliphatic rings. The molecule has 0 radical (unpaired) electrons. The van der Waals surface area contributed by atoms with Crippen LogP contribution in [0.25, 0.3) is 11.1 Å². The van der Waals surface area contributed by atoms with Gasteiger partial charge in [0.1, 0.15) is 17.5 Å². The summed E-state index contributed by atoms with van der Waals surface area (Å²) in [5, 5.41) is 6.79. The van der Waals surface area contributed by atoms with Crippen molar-refractivity contribution in [3.8, 4) is 11.1 Å². The smallest absolute Gasteiger partial charge is 0.135 e. The van der Waals surface area contributed by atoms with Gasteiger partial charge in [0.15, 0.2) is 0 Å². The zero-order chi connectivity index (χ0) is 21.9. The molecule has 3 aromatic rings. The number of rotatable bonds is 5. The van der Waals surface area contributed by atoms with Gasteiger partial charge in [0.2, 0.25) is 0 Å². The van der Waals surface area contributed by atoms with Crippen molar-refractivity contribution >= 4 is 5.82 Å². The van der Waals surface area contributed by atoms with E-state index in [1.807, 2.05) is 19.2 Å². The summed E-state index contributed by atoms with van der Waals surface area (Å²) in [4.78, 5) is 12.4. The van der Waals surface area contributed by atoms with Crippen molar-refractivity contribution in [1.29, 1.82) is 0 Å². The number of halogens is 1. The van der Waals surface area contributed by atoms with E-state index in [2.05, 4.69) is 39.8 Å². The molecular formula is C26H30FN5. The predicted octanol–water partition coefficient (Wildman–Crippen LogP) is 4.35. The van der Waals surface area contributed by atoms with Gasteiger partial charge >= 0.3 is 0 Å². The second-order valence-electron chi connectivity index (χ2n) is 8.82. The quantitative estimate of drug-likeness (QED) is 0.629. The van der Waals surface area contributed by atoms with Crippen LogP contribution in [0.1, 0.15) is 41.4 Å². The minimum atomic E-state index is -0.205. The van der Waals surface area contributed by atoms with Crippen LogP contribution < -0.4 is 10.6 Å². The fourth-order valence-electron chi connectivity index (χ4n) is 4.85. The lowest BCUT2D eigenvalue weighted by atomic mass is 9.97. The van der Waals surface area contributed by atoms with Crippen LogP contribution in [-0.2, 0) is 19.5 Å². The predicted molar refractivity (Wildman–Crippen MR) is 126 cm³/mol. The molecule has 1 fully saturated rings. The van der Waals surface area contributed by atoms with E-state index >= 15 is 0 Å². The molecule has 0 amide bonds. The second-order valence-corrected chi connectivity index (χ2v) is 8.82. The van der Waals surface area contributed by atoms with E-state index in [-0.39, 0.29) is 5.82 Å². The minimum Gasteiger partial charge on any atom is -0.373 e. The van der Waals surface area contributed by atoms with Crippen LogP contribution in [0.4, 0.5) is 10.2 Å². The summed E-state index contributed by atoms with van der Waals surface area (Å²) in [5.41, 5.74) is 5.83. The third-order valence-electron chi connectivity index (χ3n) is 6.57. The molecule has 166 valence electrons. The van der Waals surface area contributed by atoms with Gasteiger partial charge in [-0.15, -0.1) is 0 Å². The van der Waals surface area contributed by atoms with Crippen molar-refractivity contribution in [2.75, 3.05) is 32.0 Å². The van der Waals surface area contributed by atoms with E-state index in [1.165, 1.54) is 29.7 Å². The van der Waals surface area contributed by atoms with Crippen LogP contribution in [0.3, 0.4) is 0 Å². The number of benzene rings is 2. The maximum atomic E-state index is 13.3. The first-order chi connectivity index (χ1) is 15.7. The minimum absolute atomic E-state index is 0.205. The van der Waals surface area contributed by atoms with Gasteiger partial charge in [-0.1, -0.05) is 30.3 Å².